The number of carbonyl (C=O) groups excluding carboxylic acids is 2. The van der Waals surface area contributed by atoms with Gasteiger partial charge >= 0.3 is 0 Å². The Kier molecular flexibility index (Phi) is 5.11. The molecule has 0 unspecified atom stereocenters. The maximum Gasteiger partial charge on any atom is 0.255 e. The number of rotatable bonds is 4. The monoisotopic (exact) mass is 350 g/mol. The Balaban J connectivity index is 1.80. The normalized spacial score (nSPS) is 10.1. The van der Waals surface area contributed by atoms with Crippen LogP contribution in [0.25, 0.3) is 0 Å². The van der Waals surface area contributed by atoms with Crippen molar-refractivity contribution in [2.24, 2.45) is 0 Å². The number of anilines is 2. The first-order valence-corrected chi connectivity index (χ1v) is 8.03. The zero-order valence-electron chi connectivity index (χ0n) is 13.2. The molecular formula is C20H15ClN2O2. The van der Waals surface area contributed by atoms with Gasteiger partial charge in [0.05, 0.1) is 0 Å². The second kappa shape index (κ2) is 7.64. The summed E-state index contributed by atoms with van der Waals surface area (Å²) in [5.74, 6) is -0.662. The number of carbonyl (C=O) groups is 2. The number of amides is 2. The van der Waals surface area contributed by atoms with Crippen molar-refractivity contribution in [3.8, 4) is 0 Å². The number of nitrogens with one attached hydrogen (secondary N) is 2. The van der Waals surface area contributed by atoms with Crippen LogP contribution >= 0.6 is 11.6 Å². The van der Waals surface area contributed by atoms with Gasteiger partial charge in [0.2, 0.25) is 0 Å². The maximum atomic E-state index is 12.4. The number of hydrogen-bond acceptors (Lipinski definition) is 2. The van der Waals surface area contributed by atoms with E-state index in [4.69, 9.17) is 11.6 Å². The average Bonchev–Trinajstić information content (AvgIpc) is 2.63. The molecule has 3 aromatic rings. The molecule has 0 saturated carbocycles. The molecule has 0 spiro atoms. The molecule has 0 radical (unpaired) electrons. The van der Waals surface area contributed by atoms with Crippen LogP contribution in [0.2, 0.25) is 5.02 Å². The molecule has 2 amide bonds. The molecule has 0 atom stereocenters. The van der Waals surface area contributed by atoms with Gasteiger partial charge in [-0.25, -0.2) is 0 Å². The van der Waals surface area contributed by atoms with Gasteiger partial charge < -0.3 is 10.6 Å². The summed E-state index contributed by atoms with van der Waals surface area (Å²) in [4.78, 5) is 24.8. The fourth-order valence-electron chi connectivity index (χ4n) is 2.30. The number of hydrogen-bond donors (Lipinski definition) is 2. The first-order chi connectivity index (χ1) is 12.1. The number of benzene rings is 3. The Morgan fingerprint density at radius 2 is 1.04 bits per heavy atom. The lowest BCUT2D eigenvalue weighted by Crippen LogP contribution is -2.15. The van der Waals surface area contributed by atoms with Crippen molar-refractivity contribution in [3.63, 3.8) is 0 Å². The van der Waals surface area contributed by atoms with Crippen LogP contribution in [0.5, 0.6) is 0 Å². The molecule has 0 fully saturated rings. The topological polar surface area (TPSA) is 58.2 Å². The SMILES string of the molecule is O=C(Nc1ccccc1)c1cc(Cl)cc(C(=O)Nc2ccccc2)c1. The summed E-state index contributed by atoms with van der Waals surface area (Å²) in [7, 11) is 0. The Morgan fingerprint density at radius 1 is 0.640 bits per heavy atom. The Hall–Kier alpha value is -3.11. The summed E-state index contributed by atoms with van der Waals surface area (Å²) in [6.45, 7) is 0. The van der Waals surface area contributed by atoms with Gasteiger partial charge in [-0.1, -0.05) is 48.0 Å². The predicted octanol–water partition coefficient (Wildman–Crippen LogP) is 4.84. The van der Waals surface area contributed by atoms with Gasteiger partial charge in [-0.05, 0) is 42.5 Å². The van der Waals surface area contributed by atoms with Crippen molar-refractivity contribution in [1.29, 1.82) is 0 Å². The van der Waals surface area contributed by atoms with E-state index in [0.717, 1.165) is 0 Å². The molecule has 0 saturated heterocycles. The van der Waals surface area contributed by atoms with Gasteiger partial charge in [-0.3, -0.25) is 9.59 Å². The molecule has 0 aliphatic heterocycles. The van der Waals surface area contributed by atoms with Gasteiger partial charge in [-0.15, -0.1) is 0 Å². The summed E-state index contributed by atoms with van der Waals surface area (Å²) in [6, 6.07) is 22.7. The van der Waals surface area contributed by atoms with E-state index in [-0.39, 0.29) is 11.8 Å². The summed E-state index contributed by atoms with van der Waals surface area (Å²) in [5, 5.41) is 5.86. The minimum atomic E-state index is -0.331. The standard InChI is InChI=1S/C20H15ClN2O2/c21-16-12-14(19(24)22-17-7-3-1-4-8-17)11-15(13-16)20(25)23-18-9-5-2-6-10-18/h1-13H,(H,22,24)(H,23,25). The molecule has 124 valence electrons. The molecular weight excluding hydrogens is 336 g/mol. The quantitative estimate of drug-likeness (QED) is 0.707. The highest BCUT2D eigenvalue weighted by Gasteiger charge is 2.13. The minimum absolute atomic E-state index is 0.314. The van der Waals surface area contributed by atoms with Crippen molar-refractivity contribution < 1.29 is 9.59 Å². The molecule has 4 nitrogen and oxygen atoms in total. The van der Waals surface area contributed by atoms with Crippen LogP contribution < -0.4 is 10.6 Å². The van der Waals surface area contributed by atoms with Crippen LogP contribution in [0.3, 0.4) is 0 Å². The van der Waals surface area contributed by atoms with E-state index in [2.05, 4.69) is 10.6 Å². The summed E-state index contributed by atoms with van der Waals surface area (Å²) in [5.41, 5.74) is 1.97. The van der Waals surface area contributed by atoms with E-state index in [1.54, 1.807) is 24.3 Å². The van der Waals surface area contributed by atoms with Crippen LogP contribution in [-0.2, 0) is 0 Å². The first-order valence-electron chi connectivity index (χ1n) is 7.65. The van der Waals surface area contributed by atoms with Gasteiger partial charge in [-0.2, -0.15) is 0 Å². The molecule has 2 N–H and O–H groups in total. The third kappa shape index (κ3) is 4.46. The molecule has 0 bridgehead atoms. The van der Waals surface area contributed by atoms with Gasteiger partial charge in [0.1, 0.15) is 0 Å². The molecule has 0 aromatic heterocycles. The highest BCUT2D eigenvalue weighted by molar-refractivity contribution is 6.31. The van der Waals surface area contributed by atoms with Crippen LogP contribution in [0.1, 0.15) is 20.7 Å². The number of para-hydroxylation sites is 2. The first kappa shape index (κ1) is 16.7. The van der Waals surface area contributed by atoms with Crippen LogP contribution in [0.15, 0.2) is 78.9 Å². The molecule has 5 heteroatoms. The molecule has 3 aromatic carbocycles. The van der Waals surface area contributed by atoms with Gasteiger partial charge in [0.25, 0.3) is 11.8 Å². The second-order valence-corrected chi connectivity index (χ2v) is 5.81. The van der Waals surface area contributed by atoms with E-state index in [0.29, 0.717) is 27.5 Å². The minimum Gasteiger partial charge on any atom is -0.322 e. The smallest absolute Gasteiger partial charge is 0.255 e. The predicted molar refractivity (Wildman–Crippen MR) is 100 cm³/mol. The number of halogens is 1. The highest BCUT2D eigenvalue weighted by atomic mass is 35.5. The Labute approximate surface area is 150 Å². The maximum absolute atomic E-state index is 12.4. The van der Waals surface area contributed by atoms with E-state index in [1.165, 1.54) is 18.2 Å². The van der Waals surface area contributed by atoms with E-state index < -0.39 is 0 Å². The van der Waals surface area contributed by atoms with E-state index in [9.17, 15) is 9.59 Å². The van der Waals surface area contributed by atoms with Crippen LogP contribution in [0, 0.1) is 0 Å². The fraction of sp³-hybridized carbons (Fsp3) is 0. The molecule has 0 aliphatic rings. The zero-order chi connectivity index (χ0) is 17.6. The van der Waals surface area contributed by atoms with Crippen molar-refractivity contribution in [2.45, 2.75) is 0 Å². The van der Waals surface area contributed by atoms with Crippen molar-refractivity contribution >= 4 is 34.8 Å². The third-order valence-electron chi connectivity index (χ3n) is 3.49. The third-order valence-corrected chi connectivity index (χ3v) is 3.70. The second-order valence-electron chi connectivity index (χ2n) is 5.37. The van der Waals surface area contributed by atoms with Crippen molar-refractivity contribution in [3.05, 3.63) is 95.0 Å². The molecule has 0 aliphatic carbocycles. The molecule has 3 rings (SSSR count). The Bertz CT molecular complexity index is 824. The fourth-order valence-corrected chi connectivity index (χ4v) is 2.54. The lowest BCUT2D eigenvalue weighted by atomic mass is 10.1. The largest absolute Gasteiger partial charge is 0.322 e. The van der Waals surface area contributed by atoms with Crippen LogP contribution in [-0.4, -0.2) is 11.8 Å². The van der Waals surface area contributed by atoms with Gasteiger partial charge in [0.15, 0.2) is 0 Å². The molecule has 0 heterocycles. The van der Waals surface area contributed by atoms with Gasteiger partial charge in [0, 0.05) is 27.5 Å². The molecule has 25 heavy (non-hydrogen) atoms. The van der Waals surface area contributed by atoms with Crippen molar-refractivity contribution in [1.82, 2.24) is 0 Å². The summed E-state index contributed by atoms with van der Waals surface area (Å²) in [6.07, 6.45) is 0. The lowest BCUT2D eigenvalue weighted by Gasteiger charge is -2.09. The van der Waals surface area contributed by atoms with Crippen molar-refractivity contribution in [2.75, 3.05) is 10.6 Å². The van der Waals surface area contributed by atoms with E-state index in [1.807, 2.05) is 36.4 Å². The Morgan fingerprint density at radius 3 is 1.44 bits per heavy atom. The summed E-state index contributed by atoms with van der Waals surface area (Å²) >= 11 is 6.08. The lowest BCUT2D eigenvalue weighted by molar-refractivity contribution is 0.102. The zero-order valence-corrected chi connectivity index (χ0v) is 14.0. The average molecular weight is 351 g/mol. The van der Waals surface area contributed by atoms with E-state index >= 15 is 0 Å². The summed E-state index contributed by atoms with van der Waals surface area (Å²) < 4.78 is 0. The highest BCUT2D eigenvalue weighted by Crippen LogP contribution is 2.18. The van der Waals surface area contributed by atoms with Crippen LogP contribution in [0.4, 0.5) is 11.4 Å².